The Labute approximate surface area is 103 Å². The highest BCUT2D eigenvalue weighted by Crippen LogP contribution is 2.14. The Balaban J connectivity index is 2.34. The van der Waals surface area contributed by atoms with Crippen molar-refractivity contribution in [3.05, 3.63) is 24.0 Å². The van der Waals surface area contributed by atoms with Gasteiger partial charge in [-0.1, -0.05) is 12.2 Å². The number of allylic oxidation sites excluding steroid dienone is 2. The number of hydrogen-bond donors (Lipinski definition) is 1. The van der Waals surface area contributed by atoms with Crippen LogP contribution in [0.15, 0.2) is 24.0 Å². The fourth-order valence-electron chi connectivity index (χ4n) is 1.48. The molecule has 1 unspecified atom stereocenters. The Bertz CT molecular complexity index is 326. The first kappa shape index (κ1) is 13.8. The summed E-state index contributed by atoms with van der Waals surface area (Å²) in [5.74, 6) is 0.465. The van der Waals surface area contributed by atoms with Crippen LogP contribution in [0.5, 0.6) is 0 Å². The molecule has 1 atom stereocenters. The summed E-state index contributed by atoms with van der Waals surface area (Å²) in [4.78, 5) is 11.4. The molecule has 0 heterocycles. The predicted octanol–water partition coefficient (Wildman–Crippen LogP) is 1.78. The van der Waals surface area contributed by atoms with E-state index in [2.05, 4.69) is 11.4 Å². The van der Waals surface area contributed by atoms with Gasteiger partial charge >= 0.3 is 5.97 Å². The second-order valence-electron chi connectivity index (χ2n) is 4.99. The van der Waals surface area contributed by atoms with E-state index in [9.17, 15) is 4.79 Å². The molecule has 1 rings (SSSR count). The van der Waals surface area contributed by atoms with Crippen molar-refractivity contribution in [1.29, 1.82) is 0 Å². The van der Waals surface area contributed by atoms with E-state index in [0.29, 0.717) is 0 Å². The molecule has 0 aromatic rings. The van der Waals surface area contributed by atoms with Gasteiger partial charge in [0.15, 0.2) is 6.61 Å². The second-order valence-corrected chi connectivity index (χ2v) is 4.99. The van der Waals surface area contributed by atoms with E-state index in [1.807, 2.05) is 40.0 Å². The van der Waals surface area contributed by atoms with Gasteiger partial charge in [-0.05, 0) is 33.9 Å². The summed E-state index contributed by atoms with van der Waals surface area (Å²) in [6, 6.07) is 0.272. The lowest BCUT2D eigenvalue weighted by atomic mass is 10.1. The lowest BCUT2D eigenvalue weighted by Crippen LogP contribution is -2.28. The molecule has 0 fully saturated rings. The Morgan fingerprint density at radius 1 is 1.53 bits per heavy atom. The predicted molar refractivity (Wildman–Crippen MR) is 66.5 cm³/mol. The van der Waals surface area contributed by atoms with Gasteiger partial charge < -0.3 is 14.8 Å². The van der Waals surface area contributed by atoms with Gasteiger partial charge in [0.05, 0.1) is 5.76 Å². The van der Waals surface area contributed by atoms with E-state index in [-0.39, 0.29) is 18.6 Å². The van der Waals surface area contributed by atoms with E-state index in [4.69, 9.17) is 9.47 Å². The summed E-state index contributed by atoms with van der Waals surface area (Å²) in [7, 11) is 1.89. The number of carbonyl (C=O) groups is 1. The molecule has 0 aromatic heterocycles. The molecular formula is C13H21NO3. The molecule has 17 heavy (non-hydrogen) atoms. The molecular weight excluding hydrogens is 218 g/mol. The van der Waals surface area contributed by atoms with Crippen molar-refractivity contribution in [3.8, 4) is 0 Å². The van der Waals surface area contributed by atoms with Crippen molar-refractivity contribution in [2.75, 3.05) is 13.7 Å². The molecule has 0 amide bonds. The van der Waals surface area contributed by atoms with Crippen LogP contribution in [-0.4, -0.2) is 31.3 Å². The largest absolute Gasteiger partial charge is 0.486 e. The molecule has 1 N–H and O–H groups in total. The fraction of sp³-hybridized carbons (Fsp3) is 0.615. The average molecular weight is 239 g/mol. The van der Waals surface area contributed by atoms with Gasteiger partial charge in [0.2, 0.25) is 0 Å². The Kier molecular flexibility index (Phi) is 4.75. The SMILES string of the molecule is CNC1C=CC=C(OCC(=O)OC(C)(C)C)C1. The number of rotatable bonds is 4. The van der Waals surface area contributed by atoms with Crippen molar-refractivity contribution < 1.29 is 14.3 Å². The number of esters is 1. The standard InChI is InChI=1S/C13H21NO3/c1-13(2,3)17-12(15)9-16-11-7-5-6-10(8-11)14-4/h5-7,10,14H,8-9H2,1-4H3. The zero-order valence-corrected chi connectivity index (χ0v) is 10.9. The number of ether oxygens (including phenoxy) is 2. The second kappa shape index (κ2) is 5.87. The lowest BCUT2D eigenvalue weighted by Gasteiger charge is -2.21. The summed E-state index contributed by atoms with van der Waals surface area (Å²) in [5, 5.41) is 3.14. The molecule has 0 spiro atoms. The summed E-state index contributed by atoms with van der Waals surface area (Å²) in [5.41, 5.74) is -0.463. The fourth-order valence-corrected chi connectivity index (χ4v) is 1.48. The van der Waals surface area contributed by atoms with Gasteiger partial charge in [0.1, 0.15) is 5.60 Å². The van der Waals surface area contributed by atoms with Crippen molar-refractivity contribution in [2.24, 2.45) is 0 Å². The number of nitrogens with one attached hydrogen (secondary N) is 1. The highest BCUT2D eigenvalue weighted by Gasteiger charge is 2.17. The van der Waals surface area contributed by atoms with Crippen LogP contribution >= 0.6 is 0 Å². The molecule has 0 bridgehead atoms. The third-order valence-corrected chi connectivity index (χ3v) is 2.21. The number of likely N-dealkylation sites (N-methyl/N-ethyl adjacent to an activating group) is 1. The Morgan fingerprint density at radius 3 is 2.82 bits per heavy atom. The third-order valence-electron chi connectivity index (χ3n) is 2.21. The van der Waals surface area contributed by atoms with Crippen LogP contribution in [0.4, 0.5) is 0 Å². The van der Waals surface area contributed by atoms with Crippen LogP contribution in [0.25, 0.3) is 0 Å². The Hall–Kier alpha value is -1.29. The van der Waals surface area contributed by atoms with Crippen LogP contribution in [0.3, 0.4) is 0 Å². The van der Waals surface area contributed by atoms with Gasteiger partial charge in [0, 0.05) is 12.5 Å². The minimum atomic E-state index is -0.463. The van der Waals surface area contributed by atoms with Crippen molar-refractivity contribution in [1.82, 2.24) is 5.32 Å². The van der Waals surface area contributed by atoms with Crippen LogP contribution in [-0.2, 0) is 14.3 Å². The van der Waals surface area contributed by atoms with Gasteiger partial charge in [0.25, 0.3) is 0 Å². The quantitative estimate of drug-likeness (QED) is 0.760. The molecule has 96 valence electrons. The van der Waals surface area contributed by atoms with Gasteiger partial charge in [-0.25, -0.2) is 4.79 Å². The number of carbonyl (C=O) groups excluding carboxylic acids is 1. The van der Waals surface area contributed by atoms with Crippen molar-refractivity contribution >= 4 is 5.97 Å². The van der Waals surface area contributed by atoms with E-state index in [1.54, 1.807) is 0 Å². The monoisotopic (exact) mass is 239 g/mol. The third kappa shape index (κ3) is 5.54. The maximum Gasteiger partial charge on any atom is 0.344 e. The highest BCUT2D eigenvalue weighted by molar-refractivity contribution is 5.71. The first-order valence-electron chi connectivity index (χ1n) is 5.80. The van der Waals surface area contributed by atoms with Crippen LogP contribution in [0.2, 0.25) is 0 Å². The zero-order chi connectivity index (χ0) is 12.9. The first-order valence-corrected chi connectivity index (χ1v) is 5.80. The summed E-state index contributed by atoms with van der Waals surface area (Å²) in [6.07, 6.45) is 6.61. The Morgan fingerprint density at radius 2 is 2.24 bits per heavy atom. The molecule has 0 aromatic carbocycles. The molecule has 1 aliphatic carbocycles. The molecule has 0 saturated heterocycles. The van der Waals surface area contributed by atoms with Crippen molar-refractivity contribution in [3.63, 3.8) is 0 Å². The minimum absolute atomic E-state index is 0.0343. The summed E-state index contributed by atoms with van der Waals surface area (Å²) in [6.45, 7) is 5.48. The molecule has 1 aliphatic rings. The maximum atomic E-state index is 11.4. The number of hydrogen-bond acceptors (Lipinski definition) is 4. The van der Waals surface area contributed by atoms with Gasteiger partial charge in [-0.15, -0.1) is 0 Å². The van der Waals surface area contributed by atoms with E-state index >= 15 is 0 Å². The van der Waals surface area contributed by atoms with Crippen molar-refractivity contribution in [2.45, 2.75) is 38.8 Å². The first-order chi connectivity index (χ1) is 7.90. The lowest BCUT2D eigenvalue weighted by molar-refractivity contribution is -0.158. The van der Waals surface area contributed by atoms with Gasteiger partial charge in [-0.3, -0.25) is 0 Å². The van der Waals surface area contributed by atoms with E-state index in [0.717, 1.165) is 12.2 Å². The van der Waals surface area contributed by atoms with Crippen LogP contribution in [0.1, 0.15) is 27.2 Å². The van der Waals surface area contributed by atoms with E-state index < -0.39 is 5.60 Å². The maximum absolute atomic E-state index is 11.4. The molecule has 4 nitrogen and oxygen atoms in total. The topological polar surface area (TPSA) is 47.6 Å². The average Bonchev–Trinajstić information content (AvgIpc) is 2.24. The van der Waals surface area contributed by atoms with Gasteiger partial charge in [-0.2, -0.15) is 0 Å². The molecule has 0 aliphatic heterocycles. The molecule has 4 heteroatoms. The zero-order valence-electron chi connectivity index (χ0n) is 10.9. The van der Waals surface area contributed by atoms with Crippen LogP contribution in [0, 0.1) is 0 Å². The molecule has 0 saturated carbocycles. The highest BCUT2D eigenvalue weighted by atomic mass is 16.6. The normalized spacial score (nSPS) is 19.8. The van der Waals surface area contributed by atoms with Crippen LogP contribution < -0.4 is 5.32 Å². The smallest absolute Gasteiger partial charge is 0.344 e. The summed E-state index contributed by atoms with van der Waals surface area (Å²) >= 11 is 0. The molecule has 0 radical (unpaired) electrons. The summed E-state index contributed by atoms with van der Waals surface area (Å²) < 4.78 is 10.6. The minimum Gasteiger partial charge on any atom is -0.486 e. The van der Waals surface area contributed by atoms with E-state index in [1.165, 1.54) is 0 Å².